The number of para-hydroxylation sites is 1. The third-order valence-electron chi connectivity index (χ3n) is 6.75. The third kappa shape index (κ3) is 4.95. The molecule has 10 heteroatoms. The maximum atomic E-state index is 13.3. The Hall–Kier alpha value is -2.14. The molecule has 0 aliphatic carbocycles. The van der Waals surface area contributed by atoms with Crippen LogP contribution < -0.4 is 14.8 Å². The Kier molecular flexibility index (Phi) is 7.23. The standard InChI is InChI=1S/C24H33N3O6S/c1-23(2,3)34(31)26-24(12-15-33-19-7-5-4-6-18(19)24)11-8-17-20(28)25-22(30)27(21(17)29)16-9-13-32-14-10-16/h4-7,16-17,26H,8-15H2,1-3H3,(H,25,28,30)/t17-,24-,34?/m0/s1. The van der Waals surface area contributed by atoms with E-state index in [-0.39, 0.29) is 12.5 Å². The van der Waals surface area contributed by atoms with E-state index in [9.17, 15) is 18.9 Å². The lowest BCUT2D eigenvalue weighted by Crippen LogP contribution is -2.62. The average molecular weight is 492 g/mol. The van der Waals surface area contributed by atoms with Crippen LogP contribution in [0.2, 0.25) is 0 Å². The van der Waals surface area contributed by atoms with Gasteiger partial charge in [0.15, 0.2) is 0 Å². The summed E-state index contributed by atoms with van der Waals surface area (Å²) in [6, 6.07) is 6.65. The Morgan fingerprint density at radius 3 is 2.59 bits per heavy atom. The lowest BCUT2D eigenvalue weighted by molar-refractivity contribution is -0.145. The Balaban J connectivity index is 1.59. The predicted molar refractivity (Wildman–Crippen MR) is 126 cm³/mol. The fourth-order valence-electron chi connectivity index (χ4n) is 4.77. The molecular formula is C24H33N3O6S. The Morgan fingerprint density at radius 2 is 1.88 bits per heavy atom. The summed E-state index contributed by atoms with van der Waals surface area (Å²) in [6.45, 7) is 7.05. The van der Waals surface area contributed by atoms with Crippen LogP contribution in [0.25, 0.3) is 0 Å². The van der Waals surface area contributed by atoms with E-state index in [1.165, 1.54) is 4.90 Å². The summed E-state index contributed by atoms with van der Waals surface area (Å²) in [5.74, 6) is -1.33. The first-order chi connectivity index (χ1) is 16.1. The van der Waals surface area contributed by atoms with Crippen molar-refractivity contribution in [2.24, 2.45) is 5.92 Å². The minimum Gasteiger partial charge on any atom is -0.598 e. The summed E-state index contributed by atoms with van der Waals surface area (Å²) in [7, 11) is 0. The van der Waals surface area contributed by atoms with Gasteiger partial charge in [-0.15, -0.1) is 4.72 Å². The number of carbonyl (C=O) groups is 3. The second kappa shape index (κ2) is 9.85. The summed E-state index contributed by atoms with van der Waals surface area (Å²) in [4.78, 5) is 39.8. The quantitative estimate of drug-likeness (QED) is 0.463. The lowest BCUT2D eigenvalue weighted by Gasteiger charge is -2.42. The van der Waals surface area contributed by atoms with Crippen molar-refractivity contribution in [2.45, 2.75) is 69.2 Å². The molecule has 0 aromatic heterocycles. The third-order valence-corrected chi connectivity index (χ3v) is 8.44. The molecule has 0 radical (unpaired) electrons. The summed E-state index contributed by atoms with van der Waals surface area (Å²) in [6.07, 6.45) is 2.24. The molecule has 186 valence electrons. The number of benzene rings is 1. The molecule has 2 saturated heterocycles. The van der Waals surface area contributed by atoms with E-state index in [0.717, 1.165) is 5.56 Å². The molecule has 3 heterocycles. The van der Waals surface area contributed by atoms with E-state index >= 15 is 0 Å². The number of amides is 4. The van der Waals surface area contributed by atoms with Gasteiger partial charge in [-0.05, 0) is 52.5 Å². The fraction of sp³-hybridized carbons (Fsp3) is 0.625. The van der Waals surface area contributed by atoms with Gasteiger partial charge in [0.25, 0.3) is 0 Å². The number of hydrogen-bond acceptors (Lipinski definition) is 7. The van der Waals surface area contributed by atoms with Crippen LogP contribution in [-0.2, 0) is 31.2 Å². The highest BCUT2D eigenvalue weighted by Gasteiger charge is 2.48. The maximum absolute atomic E-state index is 13.3. The summed E-state index contributed by atoms with van der Waals surface area (Å²) < 4.78 is 27.2. The number of carbonyl (C=O) groups excluding carboxylic acids is 3. The number of urea groups is 1. The minimum absolute atomic E-state index is 0.209. The number of imide groups is 2. The van der Waals surface area contributed by atoms with Gasteiger partial charge in [-0.1, -0.05) is 18.2 Å². The molecule has 1 unspecified atom stereocenters. The number of nitrogens with one attached hydrogen (secondary N) is 2. The monoisotopic (exact) mass is 491 g/mol. The lowest BCUT2D eigenvalue weighted by atomic mass is 9.79. The number of ether oxygens (including phenoxy) is 2. The van der Waals surface area contributed by atoms with Crippen LogP contribution in [0.3, 0.4) is 0 Å². The predicted octanol–water partition coefficient (Wildman–Crippen LogP) is 2.37. The van der Waals surface area contributed by atoms with E-state index in [1.807, 2.05) is 45.0 Å². The van der Waals surface area contributed by atoms with Crippen molar-refractivity contribution in [3.63, 3.8) is 0 Å². The molecule has 1 aromatic rings. The average Bonchev–Trinajstić information content (AvgIpc) is 2.79. The van der Waals surface area contributed by atoms with Crippen LogP contribution >= 0.6 is 0 Å². The molecule has 2 fully saturated rings. The van der Waals surface area contributed by atoms with Crippen LogP contribution in [0, 0.1) is 5.92 Å². The smallest absolute Gasteiger partial charge is 0.331 e. The van der Waals surface area contributed by atoms with Gasteiger partial charge < -0.3 is 14.0 Å². The molecule has 3 aliphatic heterocycles. The maximum Gasteiger partial charge on any atom is 0.331 e. The topological polar surface area (TPSA) is 120 Å². The highest BCUT2D eigenvalue weighted by molar-refractivity contribution is 7.90. The van der Waals surface area contributed by atoms with Gasteiger partial charge in [-0.3, -0.25) is 19.8 Å². The highest BCUT2D eigenvalue weighted by Crippen LogP contribution is 2.42. The van der Waals surface area contributed by atoms with Gasteiger partial charge >= 0.3 is 6.03 Å². The van der Waals surface area contributed by atoms with E-state index in [2.05, 4.69) is 10.0 Å². The Labute approximate surface area is 203 Å². The van der Waals surface area contributed by atoms with Crippen molar-refractivity contribution in [1.82, 2.24) is 14.9 Å². The molecule has 0 bridgehead atoms. The first-order valence-corrected chi connectivity index (χ1v) is 12.9. The Morgan fingerprint density at radius 1 is 1.18 bits per heavy atom. The first-order valence-electron chi connectivity index (χ1n) is 11.8. The molecule has 4 amide bonds. The molecular weight excluding hydrogens is 458 g/mol. The second-order valence-electron chi connectivity index (χ2n) is 10.1. The van der Waals surface area contributed by atoms with Crippen LogP contribution in [0.15, 0.2) is 24.3 Å². The molecule has 4 rings (SSSR count). The number of fused-ring (bicyclic) bond motifs is 1. The van der Waals surface area contributed by atoms with E-state index in [4.69, 9.17) is 9.47 Å². The molecule has 1 aromatic carbocycles. The van der Waals surface area contributed by atoms with Crippen molar-refractivity contribution in [2.75, 3.05) is 19.8 Å². The zero-order valence-electron chi connectivity index (χ0n) is 19.9. The number of barbiturate groups is 1. The molecule has 0 spiro atoms. The number of nitrogens with zero attached hydrogens (tertiary/aromatic N) is 1. The zero-order chi connectivity index (χ0) is 24.5. The van der Waals surface area contributed by atoms with Gasteiger partial charge in [0.1, 0.15) is 16.4 Å². The number of rotatable bonds is 6. The highest BCUT2D eigenvalue weighted by atomic mass is 32.2. The fourth-order valence-corrected chi connectivity index (χ4v) is 5.75. The normalized spacial score (nSPS) is 27.1. The minimum atomic E-state index is -1.39. The van der Waals surface area contributed by atoms with Gasteiger partial charge in [-0.25, -0.2) is 4.79 Å². The van der Waals surface area contributed by atoms with Crippen molar-refractivity contribution in [1.29, 1.82) is 0 Å². The first kappa shape index (κ1) is 25.0. The Bertz CT molecular complexity index is 945. The number of hydrogen-bond donors (Lipinski definition) is 2. The van der Waals surface area contributed by atoms with Crippen molar-refractivity contribution in [3.8, 4) is 5.75 Å². The van der Waals surface area contributed by atoms with Crippen LogP contribution in [0.1, 0.15) is 58.4 Å². The van der Waals surface area contributed by atoms with Crippen molar-refractivity contribution < 1.29 is 28.4 Å². The van der Waals surface area contributed by atoms with Gasteiger partial charge in [0.05, 0.1) is 12.1 Å². The molecule has 3 aliphatic rings. The van der Waals surface area contributed by atoms with E-state index in [1.54, 1.807) is 0 Å². The SMILES string of the molecule is CC(C)(C)[S+]([O-])N[C@@]1(CC[C@H]2C(=O)NC(=O)N(C3CCOCC3)C2=O)CCOc2ccccc21. The van der Waals surface area contributed by atoms with Gasteiger partial charge in [-0.2, -0.15) is 0 Å². The van der Waals surface area contributed by atoms with Crippen LogP contribution in [-0.4, -0.2) is 57.9 Å². The summed E-state index contributed by atoms with van der Waals surface area (Å²) in [5, 5.41) is 2.37. The van der Waals surface area contributed by atoms with Crippen molar-refractivity contribution in [3.05, 3.63) is 29.8 Å². The molecule has 3 atom stereocenters. The van der Waals surface area contributed by atoms with Crippen molar-refractivity contribution >= 4 is 29.2 Å². The molecule has 9 nitrogen and oxygen atoms in total. The van der Waals surface area contributed by atoms with Gasteiger partial charge in [0, 0.05) is 42.6 Å². The molecule has 2 N–H and O–H groups in total. The van der Waals surface area contributed by atoms with Gasteiger partial charge in [0.2, 0.25) is 11.8 Å². The largest absolute Gasteiger partial charge is 0.598 e. The molecule has 34 heavy (non-hydrogen) atoms. The summed E-state index contributed by atoms with van der Waals surface area (Å²) in [5.41, 5.74) is 0.123. The van der Waals surface area contributed by atoms with Crippen LogP contribution in [0.4, 0.5) is 4.79 Å². The zero-order valence-corrected chi connectivity index (χ0v) is 20.7. The van der Waals surface area contributed by atoms with E-state index < -0.39 is 45.4 Å². The van der Waals surface area contributed by atoms with Crippen LogP contribution in [0.5, 0.6) is 5.75 Å². The second-order valence-corrected chi connectivity index (χ2v) is 12.1. The summed E-state index contributed by atoms with van der Waals surface area (Å²) >= 11 is -1.39. The molecule has 0 saturated carbocycles. The van der Waals surface area contributed by atoms with E-state index in [0.29, 0.717) is 51.3 Å².